The number of fused-ring (bicyclic) bond motifs is 5. The Balaban J connectivity index is 0.000000153. The molecule has 18 rings (SSSR count). The van der Waals surface area contributed by atoms with Gasteiger partial charge in [0.1, 0.15) is 66.7 Å². The van der Waals surface area contributed by atoms with Crippen molar-refractivity contribution >= 4 is 68.9 Å². The Morgan fingerprint density at radius 3 is 1.16 bits per heavy atom. The average molecular weight is 2010 g/mol. The van der Waals surface area contributed by atoms with Gasteiger partial charge in [0.05, 0.1) is 13.2 Å². The Labute approximate surface area is 811 Å². The number of ether oxygens (including phenoxy) is 5. The summed E-state index contributed by atoms with van der Waals surface area (Å²) in [6.45, 7) is 11.6. The Morgan fingerprint density at radius 2 is 0.786 bits per heavy atom. The molecule has 0 aliphatic carbocycles. The van der Waals surface area contributed by atoms with Gasteiger partial charge in [-0.2, -0.15) is 68.8 Å². The van der Waals surface area contributed by atoms with Gasteiger partial charge in [-0.05, 0) is 202 Å². The number of carbonyl (C=O) groups excluding carboxylic acids is 6. The molecule has 41 heteroatoms. The first-order chi connectivity index (χ1) is 67.5. The summed E-state index contributed by atoms with van der Waals surface area (Å²) in [6, 6.07) is 33.2. The molecule has 742 valence electrons. The second kappa shape index (κ2) is 48.2. The molecule has 2 unspecified atom stereocenters. The highest BCUT2D eigenvalue weighted by molar-refractivity contribution is 9.10. The molecule has 5 fully saturated rings. The summed E-state index contributed by atoms with van der Waals surface area (Å²) in [6.07, 6.45) is 12.9. The van der Waals surface area contributed by atoms with Crippen LogP contribution in [-0.2, 0) is 84.3 Å². The lowest BCUT2D eigenvalue weighted by Crippen LogP contribution is -2.52. The van der Waals surface area contributed by atoms with Crippen LogP contribution in [0.15, 0.2) is 129 Å². The lowest BCUT2D eigenvalue weighted by molar-refractivity contribution is -0.148. The molecule has 5 aromatic carbocycles. The van der Waals surface area contributed by atoms with Crippen LogP contribution in [0.5, 0.6) is 17.2 Å². The smallest absolute Gasteiger partial charge is 0.453 e. The fourth-order valence-electron chi connectivity index (χ4n) is 18.1. The van der Waals surface area contributed by atoms with Gasteiger partial charge in [-0.15, -0.1) is 43.4 Å². The van der Waals surface area contributed by atoms with Crippen molar-refractivity contribution in [2.24, 2.45) is 15.3 Å². The van der Waals surface area contributed by atoms with Gasteiger partial charge < -0.3 is 53.3 Å². The lowest BCUT2D eigenvalue weighted by Gasteiger charge is -2.35. The van der Waals surface area contributed by atoms with Gasteiger partial charge in [0.25, 0.3) is 29.3 Å². The SMILES string of the molecule is C#CCOCCCCC.C#CCOCCCCOc1ccc(C2CCN(C3=Nn4c(nnc4C(F)(F)F)CC3)CC2)cc1.O=C1CCC(N2Cc3cc(Br)ccc3C2=O)C(=O)N1.O=C1CCC(N2Cc3cc(C#CCOCCCCOc4ccc(C5CCN(C6=Nn7c(nnc7C(F)(F)F)CC6)CC5)cc4)ccc3C2=O)C(=O)N1.Oc1ccc(C2CCN(C3=Nn4c(nnc4C(F)(F)F)CC3)CC2)cc1. The molecule has 0 bridgehead atoms. The highest BCUT2D eigenvalue weighted by Crippen LogP contribution is 2.39. The molecular weight excluding hydrogens is 1900 g/mol. The molecule has 0 saturated carbocycles. The second-order valence-electron chi connectivity index (χ2n) is 35.0. The van der Waals surface area contributed by atoms with Crippen molar-refractivity contribution in [3.05, 3.63) is 193 Å². The Morgan fingerprint density at radius 1 is 0.429 bits per heavy atom. The van der Waals surface area contributed by atoms with Crippen LogP contribution in [-0.4, -0.2) is 231 Å². The number of piperidine rings is 5. The van der Waals surface area contributed by atoms with Gasteiger partial charge in [0.15, 0.2) is 17.5 Å². The van der Waals surface area contributed by atoms with E-state index in [0.717, 1.165) is 163 Å². The summed E-state index contributed by atoms with van der Waals surface area (Å²) in [5.74, 6) is 11.7. The zero-order chi connectivity index (χ0) is 99.0. The van der Waals surface area contributed by atoms with E-state index in [0.29, 0.717) is 150 Å². The lowest BCUT2D eigenvalue weighted by atomic mass is 9.89. The van der Waals surface area contributed by atoms with Gasteiger partial charge in [0.2, 0.25) is 23.6 Å². The average Bonchev–Trinajstić information content (AvgIpc) is 1.64. The minimum Gasteiger partial charge on any atom is -0.508 e. The van der Waals surface area contributed by atoms with Crippen molar-refractivity contribution in [3.8, 4) is 53.8 Å². The number of hydrogen-bond donors (Lipinski definition) is 3. The van der Waals surface area contributed by atoms with E-state index in [4.69, 9.17) is 36.5 Å². The van der Waals surface area contributed by atoms with E-state index in [-0.39, 0.29) is 72.2 Å². The number of aryl methyl sites for hydroxylation is 3. The molecule has 0 radical (unpaired) electrons. The number of alkyl halides is 9. The summed E-state index contributed by atoms with van der Waals surface area (Å²) in [4.78, 5) is 81.1. The van der Waals surface area contributed by atoms with Gasteiger partial charge in [-0.3, -0.25) is 39.4 Å². The maximum absolute atomic E-state index is 13.3. The van der Waals surface area contributed by atoms with Crippen molar-refractivity contribution in [3.63, 3.8) is 0 Å². The number of hydrogen-bond acceptors (Lipinski definition) is 24. The molecule has 8 aromatic rings. The molecule has 6 amide bonds. The molecule has 2 atom stereocenters. The largest absolute Gasteiger partial charge is 0.508 e. The molecule has 10 aliphatic heterocycles. The van der Waals surface area contributed by atoms with Gasteiger partial charge >= 0.3 is 18.5 Å². The summed E-state index contributed by atoms with van der Waals surface area (Å²) >= 11 is 3.37. The number of carbonyl (C=O) groups is 6. The normalized spacial score (nSPS) is 18.2. The fourth-order valence-corrected chi connectivity index (χ4v) is 18.5. The van der Waals surface area contributed by atoms with E-state index in [1.54, 1.807) is 35.2 Å². The van der Waals surface area contributed by atoms with E-state index in [2.05, 4.69) is 142 Å². The number of benzene rings is 5. The van der Waals surface area contributed by atoms with Crippen LogP contribution >= 0.6 is 15.9 Å². The molecule has 0 spiro atoms. The van der Waals surface area contributed by atoms with E-state index < -0.39 is 54.0 Å². The van der Waals surface area contributed by atoms with Crippen LogP contribution in [0.4, 0.5) is 39.5 Å². The third-order valence-corrected chi connectivity index (χ3v) is 26.0. The number of aromatic nitrogens is 9. The number of imide groups is 2. The first kappa shape index (κ1) is 103. The van der Waals surface area contributed by atoms with Gasteiger partial charge in [0, 0.05) is 145 Å². The maximum Gasteiger partial charge on any atom is 0.453 e. The number of rotatable bonds is 24. The topological polar surface area (TPSA) is 338 Å². The number of nitrogens with zero attached hydrogens (tertiary/aromatic N) is 17. The van der Waals surface area contributed by atoms with Crippen LogP contribution in [0, 0.1) is 36.5 Å². The fraction of sp³-hybridized carbons (Fsp3) is 0.485. The maximum atomic E-state index is 13.3. The molecule has 3 aromatic heterocycles. The Kier molecular flexibility index (Phi) is 35.4. The number of aromatic hydroxyl groups is 1. The zero-order valence-corrected chi connectivity index (χ0v) is 78.9. The van der Waals surface area contributed by atoms with Crippen molar-refractivity contribution in [1.82, 2.24) is 79.8 Å². The van der Waals surface area contributed by atoms with Crippen molar-refractivity contribution < 1.29 is 97.1 Å². The quantitative estimate of drug-likeness (QED) is 0.0219. The Hall–Kier alpha value is -13.0. The zero-order valence-electron chi connectivity index (χ0n) is 77.3. The number of unbranched alkanes of at least 4 members (excludes halogenated alkanes) is 4. The molecule has 31 nitrogen and oxygen atoms in total. The van der Waals surface area contributed by atoms with E-state index >= 15 is 0 Å². The van der Waals surface area contributed by atoms with E-state index in [9.17, 15) is 73.4 Å². The predicted molar refractivity (Wildman–Crippen MR) is 499 cm³/mol. The highest BCUT2D eigenvalue weighted by atomic mass is 79.9. The first-order valence-electron chi connectivity index (χ1n) is 47.1. The van der Waals surface area contributed by atoms with Crippen LogP contribution in [0.1, 0.15) is 242 Å². The summed E-state index contributed by atoms with van der Waals surface area (Å²) in [5, 5.41) is 47.4. The van der Waals surface area contributed by atoms with Gasteiger partial charge in [-0.25, -0.2) is 0 Å². The standard InChI is InChI=1S/C37H38F3N7O5.C24H28F3N5O2.C17H18F3N5O.C13H11BrN2O3.C8H14O/c38-37(39,40)36-43-42-31-12-13-32(44-47(31)36)45-17-15-26(16-18-45)25-6-8-28(9-7-25)52-21-2-1-19-51-20-3-4-24-5-10-29-27(22-24)23-46(35(29)50)30-11-14-33(48)41-34(30)49;1-2-15-33-16-3-4-17-34-20-7-5-18(6-8-20)19-11-13-31(14-12-19)22-10-9-21-28-29-23(24(25,26)27)32(21)30-22;18-17(19,20)16-22-21-14-5-6-15(23-25(14)16)24-9-7-12(8-10-24)11-1-3-13(26)4-2-11;14-8-1-2-9-7(5-8)6-16(13(9)19)10-3-4-11(17)15-12(10)18;1-3-5-6-8-9-7-4-2/h5-10,22,26,30H,1-2,11-21,23H2,(H,41,48,49);1,5-8,19H,3-4,9-17H2;1-4,12,26H,5-10H2;1-2,5,10H,3-4,6H2,(H,15,17,18);2H,3,5-8H2,1H3. The van der Waals surface area contributed by atoms with Crippen molar-refractivity contribution in [2.75, 3.05) is 92.1 Å². The highest BCUT2D eigenvalue weighted by Gasteiger charge is 2.46. The minimum absolute atomic E-state index is 0.142. The van der Waals surface area contributed by atoms with Crippen molar-refractivity contribution in [1.29, 1.82) is 0 Å². The molecule has 5 saturated heterocycles. The number of nitrogens with one attached hydrogen (secondary N) is 2. The molecular formula is C99H109BrF9N19O12. The number of terminal acetylenes is 2. The van der Waals surface area contributed by atoms with Crippen LogP contribution < -0.4 is 20.1 Å². The molecule has 10 aliphatic rings. The first-order valence-corrected chi connectivity index (χ1v) is 47.8. The summed E-state index contributed by atoms with van der Waals surface area (Å²) in [5.41, 5.74) is 7.31. The van der Waals surface area contributed by atoms with Crippen LogP contribution in [0.3, 0.4) is 0 Å². The summed E-state index contributed by atoms with van der Waals surface area (Å²) < 4.78 is 150. The van der Waals surface area contributed by atoms with Crippen LogP contribution in [0.2, 0.25) is 0 Å². The predicted octanol–water partition coefficient (Wildman–Crippen LogP) is 14.4. The molecule has 3 N–H and O–H groups in total. The van der Waals surface area contributed by atoms with E-state index in [1.165, 1.54) is 34.4 Å². The number of amidine groups is 3. The number of phenols is 1. The van der Waals surface area contributed by atoms with Crippen molar-refractivity contribution in [2.45, 2.75) is 216 Å². The van der Waals surface area contributed by atoms with Gasteiger partial charge in [-0.1, -0.05) is 95.8 Å². The number of phenolic OH excluding ortho intramolecular Hbond substituents is 1. The van der Waals surface area contributed by atoms with Crippen LogP contribution in [0.25, 0.3) is 0 Å². The molecule has 140 heavy (non-hydrogen) atoms. The monoisotopic (exact) mass is 2010 g/mol. The number of halogens is 10. The summed E-state index contributed by atoms with van der Waals surface area (Å²) in [7, 11) is 0. The third kappa shape index (κ3) is 27.1. The number of amides is 6. The number of likely N-dealkylation sites (tertiary alicyclic amines) is 3. The van der Waals surface area contributed by atoms with E-state index in [1.807, 2.05) is 54.6 Å². The third-order valence-electron chi connectivity index (χ3n) is 25.5. The Bertz CT molecular complexity index is 5920. The molecule has 13 heterocycles. The second-order valence-corrected chi connectivity index (χ2v) is 35.9. The minimum atomic E-state index is -4.60.